The molecule has 0 aromatic heterocycles. The van der Waals surface area contributed by atoms with Crippen LogP contribution in [0, 0.1) is 11.6 Å². The third kappa shape index (κ3) is 3.27. The maximum absolute atomic E-state index is 13.7. The lowest BCUT2D eigenvalue weighted by molar-refractivity contribution is 0.141. The molecule has 1 aromatic carbocycles. The van der Waals surface area contributed by atoms with Crippen LogP contribution in [-0.2, 0) is 6.42 Å². The van der Waals surface area contributed by atoms with Crippen molar-refractivity contribution in [1.82, 2.24) is 10.2 Å². The van der Waals surface area contributed by atoms with E-state index in [4.69, 9.17) is 0 Å². The number of nitrogens with zero attached hydrogens (tertiary/aromatic N) is 1. The molecule has 102 valence electrons. The Bertz CT molecular complexity index is 403. The molecule has 2 nitrogen and oxygen atoms in total. The molecule has 1 unspecified atom stereocenters. The summed E-state index contributed by atoms with van der Waals surface area (Å²) in [5.41, 5.74) is 0.404. The highest BCUT2D eigenvalue weighted by Gasteiger charge is 2.31. The van der Waals surface area contributed by atoms with Crippen molar-refractivity contribution in [2.75, 3.05) is 21.1 Å². The number of rotatable bonds is 5. The molecule has 1 N–H and O–H groups in total. The van der Waals surface area contributed by atoms with E-state index in [2.05, 4.69) is 24.1 Å². The first-order valence-electron chi connectivity index (χ1n) is 6.07. The summed E-state index contributed by atoms with van der Waals surface area (Å²) in [5, 5.41) is 3.21. The molecule has 1 aromatic rings. The summed E-state index contributed by atoms with van der Waals surface area (Å²) < 4.78 is 26.5. The third-order valence-corrected chi connectivity index (χ3v) is 3.79. The SMILES string of the molecule is CNC(Cc1ccc(F)cc1F)C(C)(C)N(C)C. The van der Waals surface area contributed by atoms with Crippen molar-refractivity contribution in [3.05, 3.63) is 35.4 Å². The number of benzene rings is 1. The first-order chi connectivity index (χ1) is 8.28. The summed E-state index contributed by atoms with van der Waals surface area (Å²) in [6.07, 6.45) is 0.522. The lowest BCUT2D eigenvalue weighted by atomic mass is 9.88. The highest BCUT2D eigenvalue weighted by Crippen LogP contribution is 2.21. The Morgan fingerprint density at radius 2 is 1.89 bits per heavy atom. The normalized spacial score (nSPS) is 14.0. The Morgan fingerprint density at radius 1 is 1.28 bits per heavy atom. The molecule has 0 heterocycles. The zero-order chi connectivity index (χ0) is 13.9. The maximum Gasteiger partial charge on any atom is 0.129 e. The summed E-state index contributed by atoms with van der Waals surface area (Å²) in [6, 6.07) is 3.83. The van der Waals surface area contributed by atoms with Crippen LogP contribution in [0.1, 0.15) is 19.4 Å². The van der Waals surface area contributed by atoms with Crippen molar-refractivity contribution < 1.29 is 8.78 Å². The number of halogens is 2. The minimum absolute atomic E-state index is 0.0764. The summed E-state index contributed by atoms with van der Waals surface area (Å²) in [4.78, 5) is 2.09. The first-order valence-corrected chi connectivity index (χ1v) is 6.07. The molecular weight excluding hydrogens is 234 g/mol. The molecule has 0 aliphatic heterocycles. The molecule has 1 atom stereocenters. The quantitative estimate of drug-likeness (QED) is 0.870. The van der Waals surface area contributed by atoms with Crippen LogP contribution < -0.4 is 5.32 Å². The van der Waals surface area contributed by atoms with Crippen molar-refractivity contribution in [2.24, 2.45) is 0 Å². The molecule has 4 heteroatoms. The van der Waals surface area contributed by atoms with Gasteiger partial charge in [0.15, 0.2) is 0 Å². The Balaban J connectivity index is 2.93. The predicted molar refractivity (Wildman–Crippen MR) is 70.7 cm³/mol. The van der Waals surface area contributed by atoms with E-state index in [0.717, 1.165) is 6.07 Å². The van der Waals surface area contributed by atoms with Gasteiger partial charge in [0, 0.05) is 17.6 Å². The van der Waals surface area contributed by atoms with Crippen molar-refractivity contribution in [2.45, 2.75) is 31.8 Å². The molecule has 0 spiro atoms. The highest BCUT2D eigenvalue weighted by molar-refractivity contribution is 5.20. The van der Waals surface area contributed by atoms with E-state index >= 15 is 0 Å². The van der Waals surface area contributed by atoms with Gasteiger partial charge in [-0.15, -0.1) is 0 Å². The second-order valence-electron chi connectivity index (χ2n) is 5.33. The Kier molecular flexibility index (Phi) is 4.82. The smallest absolute Gasteiger partial charge is 0.129 e. The molecule has 18 heavy (non-hydrogen) atoms. The van der Waals surface area contributed by atoms with Crippen molar-refractivity contribution in [1.29, 1.82) is 0 Å². The van der Waals surface area contributed by atoms with Gasteiger partial charge in [0.05, 0.1) is 0 Å². The molecule has 0 radical (unpaired) electrons. The average molecular weight is 256 g/mol. The number of nitrogens with one attached hydrogen (secondary N) is 1. The van der Waals surface area contributed by atoms with Crippen LogP contribution in [0.5, 0.6) is 0 Å². The number of hydrogen-bond donors (Lipinski definition) is 1. The van der Waals surface area contributed by atoms with Crippen molar-refractivity contribution in [3.63, 3.8) is 0 Å². The van der Waals surface area contributed by atoms with Crippen LogP contribution in [0.3, 0.4) is 0 Å². The van der Waals surface area contributed by atoms with E-state index in [0.29, 0.717) is 12.0 Å². The molecule has 0 fully saturated rings. The fraction of sp³-hybridized carbons (Fsp3) is 0.571. The zero-order valence-electron chi connectivity index (χ0n) is 11.7. The molecule has 0 amide bonds. The van der Waals surface area contributed by atoms with Crippen LogP contribution in [0.15, 0.2) is 18.2 Å². The molecule has 1 rings (SSSR count). The molecule has 0 aliphatic carbocycles. The lowest BCUT2D eigenvalue weighted by Crippen LogP contribution is -2.55. The third-order valence-electron chi connectivity index (χ3n) is 3.79. The number of hydrogen-bond acceptors (Lipinski definition) is 2. The highest BCUT2D eigenvalue weighted by atomic mass is 19.1. The van der Waals surface area contributed by atoms with Crippen LogP contribution in [0.2, 0.25) is 0 Å². The summed E-state index contributed by atoms with van der Waals surface area (Å²) in [6.45, 7) is 4.19. The number of likely N-dealkylation sites (N-methyl/N-ethyl adjacent to an activating group) is 2. The van der Waals surface area contributed by atoms with Gasteiger partial charge in [-0.1, -0.05) is 6.07 Å². The summed E-state index contributed by atoms with van der Waals surface area (Å²) >= 11 is 0. The maximum atomic E-state index is 13.7. The molecule has 0 saturated carbocycles. The standard InChI is InChI=1S/C14H22F2N2/c1-14(2,18(4)5)13(17-3)8-10-6-7-11(15)9-12(10)16/h6-7,9,13,17H,8H2,1-5H3. The van der Waals surface area contributed by atoms with Gasteiger partial charge in [0.2, 0.25) is 0 Å². The minimum atomic E-state index is -0.538. The summed E-state index contributed by atoms with van der Waals surface area (Å²) in [7, 11) is 5.84. The average Bonchev–Trinajstić information content (AvgIpc) is 2.27. The van der Waals surface area contributed by atoms with Crippen molar-refractivity contribution in [3.8, 4) is 0 Å². The second kappa shape index (κ2) is 5.76. The van der Waals surface area contributed by atoms with Gasteiger partial charge >= 0.3 is 0 Å². The first kappa shape index (κ1) is 15.1. The summed E-state index contributed by atoms with van der Waals surface area (Å²) in [5.74, 6) is -1.02. The van der Waals surface area contributed by atoms with E-state index in [1.165, 1.54) is 12.1 Å². The Hall–Kier alpha value is -1.00. The minimum Gasteiger partial charge on any atom is -0.315 e. The van der Waals surface area contributed by atoms with E-state index in [9.17, 15) is 8.78 Å². The lowest BCUT2D eigenvalue weighted by Gasteiger charge is -2.40. The van der Waals surface area contributed by atoms with Gasteiger partial charge in [0.25, 0.3) is 0 Å². The van der Waals surface area contributed by atoms with Crippen LogP contribution in [0.25, 0.3) is 0 Å². The second-order valence-corrected chi connectivity index (χ2v) is 5.33. The van der Waals surface area contributed by atoms with E-state index < -0.39 is 11.6 Å². The Morgan fingerprint density at radius 3 is 2.33 bits per heavy atom. The zero-order valence-corrected chi connectivity index (χ0v) is 11.7. The molecule has 0 aliphatic rings. The Labute approximate surface area is 108 Å². The van der Waals surface area contributed by atoms with Crippen molar-refractivity contribution >= 4 is 0 Å². The fourth-order valence-corrected chi connectivity index (χ4v) is 1.92. The topological polar surface area (TPSA) is 15.3 Å². The van der Waals surface area contributed by atoms with E-state index in [1.54, 1.807) is 0 Å². The monoisotopic (exact) mass is 256 g/mol. The largest absolute Gasteiger partial charge is 0.315 e. The van der Waals surface area contributed by atoms with Gasteiger partial charge in [-0.05, 0) is 53.0 Å². The van der Waals surface area contributed by atoms with Gasteiger partial charge in [-0.2, -0.15) is 0 Å². The van der Waals surface area contributed by atoms with Gasteiger partial charge < -0.3 is 10.2 Å². The van der Waals surface area contributed by atoms with Gasteiger partial charge in [-0.25, -0.2) is 8.78 Å². The van der Waals surface area contributed by atoms with Crippen LogP contribution in [0.4, 0.5) is 8.78 Å². The van der Waals surface area contributed by atoms with Crippen LogP contribution >= 0.6 is 0 Å². The predicted octanol–water partition coefficient (Wildman–Crippen LogP) is 2.44. The van der Waals surface area contributed by atoms with E-state index in [-0.39, 0.29) is 11.6 Å². The van der Waals surface area contributed by atoms with E-state index in [1.807, 2.05) is 21.1 Å². The van der Waals surface area contributed by atoms with Gasteiger partial charge in [-0.3, -0.25) is 0 Å². The molecular formula is C14H22F2N2. The van der Waals surface area contributed by atoms with Crippen LogP contribution in [-0.4, -0.2) is 37.6 Å². The molecule has 0 saturated heterocycles. The van der Waals surface area contributed by atoms with Gasteiger partial charge in [0.1, 0.15) is 11.6 Å². The fourth-order valence-electron chi connectivity index (χ4n) is 1.92. The molecule has 0 bridgehead atoms.